The third kappa shape index (κ3) is 5.45. The minimum atomic E-state index is -0.264. The van der Waals surface area contributed by atoms with Gasteiger partial charge in [-0.05, 0) is 47.9 Å². The van der Waals surface area contributed by atoms with E-state index in [-0.39, 0.29) is 18.2 Å². The average Bonchev–Trinajstić information content (AvgIpc) is 2.49. The van der Waals surface area contributed by atoms with Gasteiger partial charge in [0.15, 0.2) is 0 Å². The van der Waals surface area contributed by atoms with E-state index in [1.165, 1.54) is 18.7 Å². The Bertz CT molecular complexity index is 518. The van der Waals surface area contributed by atoms with Gasteiger partial charge >= 0.3 is 5.97 Å². The summed E-state index contributed by atoms with van der Waals surface area (Å²) in [5.41, 5.74) is 0. The second-order valence-corrected chi connectivity index (χ2v) is 6.08. The number of ether oxygens (including phenoxy) is 2. The summed E-state index contributed by atoms with van der Waals surface area (Å²) in [6.45, 7) is 3.89. The molecule has 1 aromatic carbocycles. The highest BCUT2D eigenvalue weighted by Gasteiger charge is 2.27. The molecule has 0 amide bonds. The summed E-state index contributed by atoms with van der Waals surface area (Å²) in [7, 11) is 0. The van der Waals surface area contributed by atoms with Crippen molar-refractivity contribution in [3.63, 3.8) is 0 Å². The quantitative estimate of drug-likeness (QED) is 0.486. The van der Waals surface area contributed by atoms with Gasteiger partial charge in [0, 0.05) is 11.8 Å². The molecular formula is C17H20O3S. The molecule has 0 radical (unpaired) electrons. The summed E-state index contributed by atoms with van der Waals surface area (Å²) >= 11 is 1.51. The van der Waals surface area contributed by atoms with E-state index in [2.05, 4.69) is 18.1 Å². The molecule has 1 heterocycles. The molecule has 4 heteroatoms. The first-order valence-corrected chi connectivity index (χ1v) is 7.98. The zero-order valence-corrected chi connectivity index (χ0v) is 13.2. The molecule has 0 unspecified atom stereocenters. The van der Waals surface area contributed by atoms with Gasteiger partial charge in [-0.1, -0.05) is 31.0 Å². The number of benzene rings is 1. The fourth-order valence-corrected chi connectivity index (χ4v) is 2.74. The van der Waals surface area contributed by atoms with Gasteiger partial charge in [-0.25, -0.2) is 0 Å². The van der Waals surface area contributed by atoms with E-state index in [0.717, 1.165) is 17.7 Å². The van der Waals surface area contributed by atoms with Crippen LogP contribution in [0, 0.1) is 17.1 Å². The molecule has 2 rings (SSSR count). The summed E-state index contributed by atoms with van der Waals surface area (Å²) in [6, 6.07) is 10.1. The van der Waals surface area contributed by atoms with Crippen LogP contribution in [-0.4, -0.2) is 24.8 Å². The van der Waals surface area contributed by atoms with Crippen molar-refractivity contribution in [3.8, 4) is 11.2 Å². The summed E-state index contributed by atoms with van der Waals surface area (Å²) in [5, 5.41) is 3.12. The second-order valence-electron chi connectivity index (χ2n) is 5.20. The Morgan fingerprint density at radius 1 is 1.38 bits per heavy atom. The third-order valence-electron chi connectivity index (χ3n) is 3.39. The van der Waals surface area contributed by atoms with E-state index in [0.29, 0.717) is 12.5 Å². The molecule has 0 N–H and O–H groups in total. The first-order chi connectivity index (χ1) is 10.1. The molecule has 0 saturated carbocycles. The first kappa shape index (κ1) is 15.9. The van der Waals surface area contributed by atoms with Crippen LogP contribution in [0.4, 0.5) is 0 Å². The lowest BCUT2D eigenvalue weighted by Gasteiger charge is -2.31. The van der Waals surface area contributed by atoms with Crippen LogP contribution in [0.15, 0.2) is 35.2 Å². The van der Waals surface area contributed by atoms with Gasteiger partial charge < -0.3 is 9.47 Å². The molecule has 3 atom stereocenters. The highest BCUT2D eigenvalue weighted by atomic mass is 32.2. The highest BCUT2D eigenvalue weighted by molar-refractivity contribution is 8.03. The number of carbonyl (C=O) groups is 1. The number of carbonyl (C=O) groups excluding carboxylic acids is 1. The number of hydrogen-bond donors (Lipinski definition) is 0. The van der Waals surface area contributed by atoms with E-state index in [4.69, 9.17) is 9.47 Å². The molecule has 1 fully saturated rings. The number of hydrogen-bond acceptors (Lipinski definition) is 4. The first-order valence-electron chi connectivity index (χ1n) is 7.16. The minimum absolute atomic E-state index is 0.0360. The Labute approximate surface area is 130 Å². The van der Waals surface area contributed by atoms with Gasteiger partial charge in [0.2, 0.25) is 0 Å². The van der Waals surface area contributed by atoms with Gasteiger partial charge in [0.25, 0.3) is 0 Å². The molecular weight excluding hydrogens is 284 g/mol. The standard InChI is InChI=1S/C17H20O3S/c1-13-8-9-15(12-19-14(2)18)20-17(13)10-11-21-16-6-4-3-5-7-16/h3-7,13,15,17H,8-9,12H2,1-2H3/t13-,15-,17-/m0/s1. The summed E-state index contributed by atoms with van der Waals surface area (Å²) in [6.07, 6.45) is 1.83. The number of rotatable bonds is 3. The SMILES string of the molecule is CC(=O)OC[C@@H]1CC[C@H](C)[C@H](C#CSc2ccccc2)O1. The van der Waals surface area contributed by atoms with E-state index >= 15 is 0 Å². The molecule has 1 aliphatic heterocycles. The topological polar surface area (TPSA) is 35.5 Å². The maximum atomic E-state index is 10.9. The molecule has 21 heavy (non-hydrogen) atoms. The average molecular weight is 304 g/mol. The van der Waals surface area contributed by atoms with Gasteiger partial charge in [-0.2, -0.15) is 0 Å². The van der Waals surface area contributed by atoms with Crippen LogP contribution >= 0.6 is 11.8 Å². The predicted octanol–water partition coefficient (Wildman–Crippen LogP) is 3.49. The summed E-state index contributed by atoms with van der Waals surface area (Å²) < 4.78 is 10.9. The molecule has 0 aliphatic carbocycles. The fourth-order valence-electron chi connectivity index (χ4n) is 2.15. The smallest absolute Gasteiger partial charge is 0.302 e. The number of thioether (sulfide) groups is 1. The molecule has 1 aromatic rings. The van der Waals surface area contributed by atoms with Crippen LogP contribution in [0.2, 0.25) is 0 Å². The van der Waals surface area contributed by atoms with E-state index in [1.54, 1.807) is 0 Å². The van der Waals surface area contributed by atoms with Crippen molar-refractivity contribution < 1.29 is 14.3 Å². The predicted molar refractivity (Wildman–Crippen MR) is 83.8 cm³/mol. The lowest BCUT2D eigenvalue weighted by Crippen LogP contribution is -2.35. The van der Waals surface area contributed by atoms with Gasteiger partial charge in [-0.3, -0.25) is 4.79 Å². The van der Waals surface area contributed by atoms with Crippen molar-refractivity contribution in [2.45, 2.75) is 43.8 Å². The second kappa shape index (κ2) is 8.11. The van der Waals surface area contributed by atoms with Crippen LogP contribution in [0.5, 0.6) is 0 Å². The van der Waals surface area contributed by atoms with Crippen molar-refractivity contribution in [2.24, 2.45) is 5.92 Å². The summed E-state index contributed by atoms with van der Waals surface area (Å²) in [5.74, 6) is 3.33. The lowest BCUT2D eigenvalue weighted by atomic mass is 9.94. The zero-order valence-electron chi connectivity index (χ0n) is 12.4. The van der Waals surface area contributed by atoms with Gasteiger partial charge in [0.1, 0.15) is 12.7 Å². The maximum Gasteiger partial charge on any atom is 0.302 e. The molecule has 0 spiro atoms. The van der Waals surface area contributed by atoms with Crippen LogP contribution in [0.25, 0.3) is 0 Å². The van der Waals surface area contributed by atoms with Crippen molar-refractivity contribution in [1.82, 2.24) is 0 Å². The molecule has 0 aromatic heterocycles. The lowest BCUT2D eigenvalue weighted by molar-refractivity contribution is -0.149. The van der Waals surface area contributed by atoms with Crippen LogP contribution in [0.1, 0.15) is 26.7 Å². The molecule has 3 nitrogen and oxygen atoms in total. The monoisotopic (exact) mass is 304 g/mol. The van der Waals surface area contributed by atoms with Crippen LogP contribution in [0.3, 0.4) is 0 Å². The van der Waals surface area contributed by atoms with E-state index in [9.17, 15) is 4.79 Å². The third-order valence-corrected chi connectivity index (χ3v) is 4.11. The van der Waals surface area contributed by atoms with Crippen LogP contribution in [-0.2, 0) is 14.3 Å². The Morgan fingerprint density at radius 3 is 2.86 bits per heavy atom. The Kier molecular flexibility index (Phi) is 6.16. The van der Waals surface area contributed by atoms with Gasteiger partial charge in [-0.15, -0.1) is 0 Å². The van der Waals surface area contributed by atoms with Crippen molar-refractivity contribution in [3.05, 3.63) is 30.3 Å². The normalized spacial score (nSPS) is 24.8. The molecule has 0 bridgehead atoms. The Balaban J connectivity index is 1.87. The molecule has 1 saturated heterocycles. The zero-order chi connectivity index (χ0) is 15.1. The fraction of sp³-hybridized carbons (Fsp3) is 0.471. The Hall–Kier alpha value is -1.44. The van der Waals surface area contributed by atoms with Gasteiger partial charge in [0.05, 0.1) is 6.10 Å². The van der Waals surface area contributed by atoms with E-state index in [1.807, 2.05) is 30.3 Å². The van der Waals surface area contributed by atoms with Crippen molar-refractivity contribution in [1.29, 1.82) is 0 Å². The van der Waals surface area contributed by atoms with Crippen molar-refractivity contribution in [2.75, 3.05) is 6.61 Å². The summed E-state index contributed by atoms with van der Waals surface area (Å²) in [4.78, 5) is 12.0. The van der Waals surface area contributed by atoms with Crippen molar-refractivity contribution >= 4 is 17.7 Å². The largest absolute Gasteiger partial charge is 0.463 e. The van der Waals surface area contributed by atoms with E-state index < -0.39 is 0 Å². The number of esters is 1. The highest BCUT2D eigenvalue weighted by Crippen LogP contribution is 2.25. The molecule has 112 valence electrons. The maximum absolute atomic E-state index is 10.9. The van der Waals surface area contributed by atoms with Crippen LogP contribution < -0.4 is 0 Å². The minimum Gasteiger partial charge on any atom is -0.463 e. The Morgan fingerprint density at radius 2 is 2.14 bits per heavy atom. The molecule has 1 aliphatic rings.